The highest BCUT2D eigenvalue weighted by atomic mass is 16.3. The molecule has 4 aromatic carbocycles. The second-order valence-corrected chi connectivity index (χ2v) is 11.4. The minimum absolute atomic E-state index is 0.321. The van der Waals surface area contributed by atoms with Gasteiger partial charge in [0.05, 0.1) is 12.1 Å². The van der Waals surface area contributed by atoms with Crippen molar-refractivity contribution in [2.24, 2.45) is 11.1 Å². The fourth-order valence-corrected chi connectivity index (χ4v) is 6.50. The van der Waals surface area contributed by atoms with Crippen molar-refractivity contribution in [1.29, 1.82) is 0 Å². The summed E-state index contributed by atoms with van der Waals surface area (Å²) < 4.78 is 0. The van der Waals surface area contributed by atoms with Crippen LogP contribution in [-0.4, -0.2) is 39.0 Å². The van der Waals surface area contributed by atoms with Gasteiger partial charge in [-0.25, -0.2) is 0 Å². The van der Waals surface area contributed by atoms with Crippen LogP contribution in [0.1, 0.15) is 55.4 Å². The molecule has 4 N–H and O–H groups in total. The van der Waals surface area contributed by atoms with Crippen molar-refractivity contribution in [1.82, 2.24) is 4.90 Å². The average molecular weight is 563 g/mol. The first-order chi connectivity index (χ1) is 20.2. The quantitative estimate of drug-likeness (QED) is 0.234. The number of primary amides is 1. The molecule has 0 aliphatic heterocycles. The summed E-state index contributed by atoms with van der Waals surface area (Å²) in [5.41, 5.74) is 3.46. The molecule has 2 atom stereocenters. The molecule has 2 amide bonds. The van der Waals surface area contributed by atoms with Crippen LogP contribution in [0.15, 0.2) is 121 Å². The van der Waals surface area contributed by atoms with Gasteiger partial charge >= 0.3 is 0 Å². The number of benzene rings is 4. The molecule has 1 saturated carbocycles. The van der Waals surface area contributed by atoms with Gasteiger partial charge in [-0.15, -0.1) is 0 Å². The predicted molar refractivity (Wildman–Crippen MR) is 163 cm³/mol. The molecular formula is C36H38N2O4. The zero-order valence-electron chi connectivity index (χ0n) is 24.1. The molecule has 1 aliphatic carbocycles. The Hall–Kier alpha value is -4.26. The summed E-state index contributed by atoms with van der Waals surface area (Å²) in [6.45, 7) is 3.55. The molecule has 4 aromatic rings. The molecule has 6 heteroatoms. The summed E-state index contributed by atoms with van der Waals surface area (Å²) >= 11 is 0. The lowest BCUT2D eigenvalue weighted by Gasteiger charge is -2.52. The summed E-state index contributed by atoms with van der Waals surface area (Å²) in [7, 11) is 0. The number of amides is 2. The minimum atomic E-state index is -1.69. The van der Waals surface area contributed by atoms with E-state index >= 15 is 0 Å². The second-order valence-electron chi connectivity index (χ2n) is 11.4. The van der Waals surface area contributed by atoms with Gasteiger partial charge in [0.15, 0.2) is 0 Å². The maximum Gasteiger partial charge on any atom is 0.238 e. The maximum absolute atomic E-state index is 14.8. The normalized spacial score (nSPS) is 16.1. The first-order valence-electron chi connectivity index (χ1n) is 14.5. The second kappa shape index (κ2) is 11.6. The Bertz CT molecular complexity index is 1330. The molecule has 6 nitrogen and oxygen atoms in total. The van der Waals surface area contributed by atoms with Crippen LogP contribution in [0.25, 0.3) is 0 Å². The van der Waals surface area contributed by atoms with Crippen LogP contribution in [-0.2, 0) is 20.8 Å². The number of nitrogens with two attached hydrogens (primary N) is 1. The summed E-state index contributed by atoms with van der Waals surface area (Å²) in [5, 5.41) is 25.6. The van der Waals surface area contributed by atoms with E-state index in [9.17, 15) is 19.8 Å². The number of carbonyl (C=O) groups excluding carboxylic acids is 2. The zero-order chi connectivity index (χ0) is 30.0. The van der Waals surface area contributed by atoms with Crippen molar-refractivity contribution in [2.45, 2.75) is 56.4 Å². The lowest BCUT2D eigenvalue weighted by Crippen LogP contribution is -2.66. The van der Waals surface area contributed by atoms with Gasteiger partial charge in [-0.3, -0.25) is 9.59 Å². The Morgan fingerprint density at radius 3 is 1.14 bits per heavy atom. The molecule has 1 aliphatic rings. The van der Waals surface area contributed by atoms with Gasteiger partial charge in [-0.2, -0.15) is 0 Å². The number of nitrogens with zero attached hydrogens (tertiary/aromatic N) is 1. The topological polar surface area (TPSA) is 104 Å². The van der Waals surface area contributed by atoms with Crippen LogP contribution in [0.2, 0.25) is 0 Å². The summed E-state index contributed by atoms with van der Waals surface area (Å²) in [6.07, 6.45) is 1.33. The van der Waals surface area contributed by atoms with E-state index in [0.29, 0.717) is 41.5 Å². The standard InChI is InChI=1S/C36H38N2O4/c1-26(35(41,28-16-7-3-8-17-28)29-18-9-4-10-19-29)38(33(40)34(32(37)39)24-15-25-34)27(2)36(42,30-20-11-5-12-21-30)31-22-13-6-14-23-31/h3-14,16-23,26-27,41-42H,15,24-25H2,1-2H3,(H2,37,39). The smallest absolute Gasteiger partial charge is 0.238 e. The van der Waals surface area contributed by atoms with Gasteiger partial charge in [-0.1, -0.05) is 128 Å². The number of hydrogen-bond donors (Lipinski definition) is 3. The minimum Gasteiger partial charge on any atom is -0.378 e. The van der Waals surface area contributed by atoms with Crippen molar-refractivity contribution >= 4 is 11.8 Å². The van der Waals surface area contributed by atoms with Crippen LogP contribution < -0.4 is 5.73 Å². The van der Waals surface area contributed by atoms with E-state index in [4.69, 9.17) is 5.73 Å². The third-order valence-electron chi connectivity index (χ3n) is 9.22. The monoisotopic (exact) mass is 562 g/mol. The first-order valence-corrected chi connectivity index (χ1v) is 14.5. The molecule has 0 heterocycles. The van der Waals surface area contributed by atoms with Gasteiger partial charge < -0.3 is 20.8 Å². The van der Waals surface area contributed by atoms with Crippen LogP contribution in [0.5, 0.6) is 0 Å². The largest absolute Gasteiger partial charge is 0.378 e. The molecule has 0 bridgehead atoms. The van der Waals surface area contributed by atoms with E-state index in [1.807, 2.05) is 121 Å². The Labute approximate surface area is 247 Å². The summed E-state index contributed by atoms with van der Waals surface area (Å²) in [4.78, 5) is 29.2. The molecular weight excluding hydrogens is 524 g/mol. The van der Waals surface area contributed by atoms with E-state index < -0.39 is 40.5 Å². The molecule has 0 aromatic heterocycles. The number of aliphatic hydroxyl groups is 2. The molecule has 42 heavy (non-hydrogen) atoms. The van der Waals surface area contributed by atoms with Crippen molar-refractivity contribution < 1.29 is 19.8 Å². The van der Waals surface area contributed by atoms with Crippen molar-refractivity contribution in [2.75, 3.05) is 0 Å². The summed E-state index contributed by atoms with van der Waals surface area (Å²) in [5.74, 6) is -1.18. The lowest BCUT2D eigenvalue weighted by molar-refractivity contribution is -0.170. The highest BCUT2D eigenvalue weighted by Gasteiger charge is 2.57. The SMILES string of the molecule is CC(N(C(=O)C1(C(N)=O)CCC1)C(C)C(O)(c1ccccc1)c1ccccc1)C(O)(c1ccccc1)c1ccccc1. The van der Waals surface area contributed by atoms with Crippen molar-refractivity contribution in [3.63, 3.8) is 0 Å². The zero-order valence-corrected chi connectivity index (χ0v) is 24.1. The number of carbonyl (C=O) groups is 2. The van der Waals surface area contributed by atoms with Crippen LogP contribution in [0.3, 0.4) is 0 Å². The van der Waals surface area contributed by atoms with E-state index in [1.54, 1.807) is 13.8 Å². The van der Waals surface area contributed by atoms with Crippen LogP contribution >= 0.6 is 0 Å². The van der Waals surface area contributed by atoms with E-state index in [2.05, 4.69) is 0 Å². The third kappa shape index (κ3) is 4.71. The molecule has 216 valence electrons. The van der Waals surface area contributed by atoms with Crippen LogP contribution in [0, 0.1) is 5.41 Å². The van der Waals surface area contributed by atoms with Crippen molar-refractivity contribution in [3.05, 3.63) is 144 Å². The molecule has 0 radical (unpaired) electrons. The van der Waals surface area contributed by atoms with E-state index in [-0.39, 0.29) is 0 Å². The predicted octanol–water partition coefficient (Wildman–Crippen LogP) is 5.12. The van der Waals surface area contributed by atoms with Gasteiger partial charge in [0, 0.05) is 0 Å². The Balaban J connectivity index is 1.76. The van der Waals surface area contributed by atoms with Gasteiger partial charge in [0.25, 0.3) is 0 Å². The van der Waals surface area contributed by atoms with Gasteiger partial charge in [0.1, 0.15) is 16.6 Å². The molecule has 0 spiro atoms. The Morgan fingerprint density at radius 2 is 0.929 bits per heavy atom. The maximum atomic E-state index is 14.8. The third-order valence-corrected chi connectivity index (χ3v) is 9.22. The number of hydrogen-bond acceptors (Lipinski definition) is 4. The highest BCUT2D eigenvalue weighted by molar-refractivity contribution is 6.05. The average Bonchev–Trinajstić information content (AvgIpc) is 3.01. The fraction of sp³-hybridized carbons (Fsp3) is 0.278. The van der Waals surface area contributed by atoms with E-state index in [0.717, 1.165) is 0 Å². The molecule has 0 saturated heterocycles. The lowest BCUT2D eigenvalue weighted by atomic mass is 9.65. The fourth-order valence-electron chi connectivity index (χ4n) is 6.50. The van der Waals surface area contributed by atoms with Gasteiger partial charge in [-0.05, 0) is 48.9 Å². The highest BCUT2D eigenvalue weighted by Crippen LogP contribution is 2.47. The Morgan fingerprint density at radius 1 is 0.643 bits per heavy atom. The van der Waals surface area contributed by atoms with Gasteiger partial charge in [0.2, 0.25) is 11.8 Å². The van der Waals surface area contributed by atoms with Crippen molar-refractivity contribution in [3.8, 4) is 0 Å². The van der Waals surface area contributed by atoms with Crippen LogP contribution in [0.4, 0.5) is 0 Å². The summed E-state index contributed by atoms with van der Waals surface area (Å²) in [6, 6.07) is 34.9. The molecule has 1 fully saturated rings. The number of rotatable bonds is 10. The Kier molecular flexibility index (Phi) is 8.04. The molecule has 5 rings (SSSR count). The first kappa shape index (κ1) is 29.2. The molecule has 2 unspecified atom stereocenters. The van der Waals surface area contributed by atoms with E-state index in [1.165, 1.54) is 4.90 Å².